The summed E-state index contributed by atoms with van der Waals surface area (Å²) in [6.07, 6.45) is 1.77. The first-order valence-corrected chi connectivity index (χ1v) is 8.98. The summed E-state index contributed by atoms with van der Waals surface area (Å²) < 4.78 is 11.6. The van der Waals surface area contributed by atoms with Crippen molar-refractivity contribution in [2.75, 3.05) is 13.7 Å². The Morgan fingerprint density at radius 2 is 1.79 bits per heavy atom. The van der Waals surface area contributed by atoms with Crippen LogP contribution in [0.25, 0.3) is 5.52 Å². The summed E-state index contributed by atoms with van der Waals surface area (Å²) in [4.78, 5) is 36.5. The largest absolute Gasteiger partial charge is 0.497 e. The van der Waals surface area contributed by atoms with Crippen LogP contribution < -0.4 is 4.74 Å². The molecule has 6 heteroatoms. The zero-order valence-electron chi connectivity index (χ0n) is 15.8. The molecule has 0 spiro atoms. The number of hydrogen-bond donors (Lipinski definition) is 0. The molecule has 1 aromatic carbocycles. The Bertz CT molecular complexity index is 1020. The summed E-state index contributed by atoms with van der Waals surface area (Å²) in [5.41, 5.74) is 3.04. The van der Waals surface area contributed by atoms with Crippen LogP contribution in [0.4, 0.5) is 0 Å². The van der Waals surface area contributed by atoms with E-state index in [1.807, 2.05) is 48.5 Å². The van der Waals surface area contributed by atoms with Gasteiger partial charge < -0.3 is 13.9 Å². The molecule has 2 heterocycles. The molecule has 0 bridgehead atoms. The number of rotatable bonds is 8. The van der Waals surface area contributed by atoms with Crippen LogP contribution in [0.5, 0.6) is 5.75 Å². The van der Waals surface area contributed by atoms with Gasteiger partial charge in [-0.25, -0.2) is 4.79 Å². The van der Waals surface area contributed by atoms with E-state index in [-0.39, 0.29) is 6.61 Å². The molecule has 144 valence electrons. The second-order valence-corrected chi connectivity index (χ2v) is 6.28. The molecule has 0 radical (unpaired) electrons. The standard InChI is InChI=1S/C22H21NO5/c1-3-28-22(26)20(25)14-19(24)21-16(13-17-6-4-5-11-23(17)21)12-15-7-9-18(27-2)10-8-15/h4-11,13H,3,12,14H2,1-2H3. The van der Waals surface area contributed by atoms with Gasteiger partial charge in [0.15, 0.2) is 5.78 Å². The highest BCUT2D eigenvalue weighted by Crippen LogP contribution is 2.23. The molecule has 0 N–H and O–H groups in total. The summed E-state index contributed by atoms with van der Waals surface area (Å²) in [6, 6.07) is 15.1. The van der Waals surface area contributed by atoms with Gasteiger partial charge in [-0.05, 0) is 54.8 Å². The lowest BCUT2D eigenvalue weighted by atomic mass is 10.0. The van der Waals surface area contributed by atoms with Crippen LogP contribution in [0.2, 0.25) is 0 Å². The molecule has 0 atom stereocenters. The van der Waals surface area contributed by atoms with E-state index in [0.717, 1.165) is 22.4 Å². The Balaban J connectivity index is 1.93. The second kappa shape index (κ2) is 8.52. The molecule has 3 rings (SSSR count). The number of pyridine rings is 1. The molecule has 2 aromatic heterocycles. The number of esters is 1. The third-order valence-corrected chi connectivity index (χ3v) is 4.40. The summed E-state index contributed by atoms with van der Waals surface area (Å²) in [5.74, 6) is -1.48. The SMILES string of the molecule is CCOC(=O)C(=O)CC(=O)c1c(Cc2ccc(OC)cc2)cc2ccccn12. The Morgan fingerprint density at radius 1 is 1.04 bits per heavy atom. The van der Waals surface area contributed by atoms with Gasteiger partial charge in [0, 0.05) is 11.7 Å². The second-order valence-electron chi connectivity index (χ2n) is 6.28. The van der Waals surface area contributed by atoms with E-state index in [9.17, 15) is 14.4 Å². The van der Waals surface area contributed by atoms with Crippen molar-refractivity contribution in [3.8, 4) is 5.75 Å². The van der Waals surface area contributed by atoms with E-state index in [4.69, 9.17) is 9.47 Å². The van der Waals surface area contributed by atoms with Crippen molar-refractivity contribution in [3.63, 3.8) is 0 Å². The maximum absolute atomic E-state index is 12.9. The predicted octanol–water partition coefficient (Wildman–Crippen LogP) is 3.24. The number of carbonyl (C=O) groups is 3. The van der Waals surface area contributed by atoms with E-state index in [1.54, 1.807) is 24.6 Å². The molecule has 0 aliphatic carbocycles. The van der Waals surface area contributed by atoms with Crippen molar-refractivity contribution in [3.05, 3.63) is 71.5 Å². The third-order valence-electron chi connectivity index (χ3n) is 4.40. The Hall–Kier alpha value is -3.41. The highest BCUT2D eigenvalue weighted by molar-refractivity contribution is 6.38. The molecule has 0 aliphatic heterocycles. The van der Waals surface area contributed by atoms with Crippen molar-refractivity contribution >= 4 is 23.1 Å². The monoisotopic (exact) mass is 379 g/mol. The first kappa shape index (κ1) is 19.4. The van der Waals surface area contributed by atoms with Crippen molar-refractivity contribution in [1.29, 1.82) is 0 Å². The van der Waals surface area contributed by atoms with Gasteiger partial charge in [0.25, 0.3) is 0 Å². The number of aromatic nitrogens is 1. The van der Waals surface area contributed by atoms with Gasteiger partial charge in [0.05, 0.1) is 25.8 Å². The fourth-order valence-electron chi connectivity index (χ4n) is 3.10. The Morgan fingerprint density at radius 3 is 2.46 bits per heavy atom. The highest BCUT2D eigenvalue weighted by atomic mass is 16.5. The van der Waals surface area contributed by atoms with Gasteiger partial charge in [-0.15, -0.1) is 0 Å². The lowest BCUT2D eigenvalue weighted by Gasteiger charge is -2.07. The zero-order chi connectivity index (χ0) is 20.1. The highest BCUT2D eigenvalue weighted by Gasteiger charge is 2.24. The first-order chi connectivity index (χ1) is 13.5. The average Bonchev–Trinajstić information content (AvgIpc) is 3.06. The number of carbonyl (C=O) groups excluding carboxylic acids is 3. The first-order valence-electron chi connectivity index (χ1n) is 8.98. The van der Waals surface area contributed by atoms with Gasteiger partial charge in [-0.2, -0.15) is 0 Å². The van der Waals surface area contributed by atoms with Crippen LogP contribution >= 0.6 is 0 Å². The van der Waals surface area contributed by atoms with Crippen LogP contribution in [0.1, 0.15) is 35.0 Å². The summed E-state index contributed by atoms with van der Waals surface area (Å²) in [7, 11) is 1.60. The average molecular weight is 379 g/mol. The van der Waals surface area contributed by atoms with Gasteiger partial charge >= 0.3 is 5.97 Å². The summed E-state index contributed by atoms with van der Waals surface area (Å²) in [6.45, 7) is 1.70. The number of hydrogen-bond acceptors (Lipinski definition) is 5. The van der Waals surface area contributed by atoms with Crippen molar-refractivity contribution in [2.24, 2.45) is 0 Å². The van der Waals surface area contributed by atoms with Gasteiger partial charge in [-0.1, -0.05) is 18.2 Å². The summed E-state index contributed by atoms with van der Waals surface area (Å²) >= 11 is 0. The van der Waals surface area contributed by atoms with Crippen molar-refractivity contribution in [1.82, 2.24) is 4.40 Å². The molecule has 0 unspecified atom stereocenters. The van der Waals surface area contributed by atoms with Crippen LogP contribution in [-0.4, -0.2) is 35.7 Å². The van der Waals surface area contributed by atoms with Crippen molar-refractivity contribution in [2.45, 2.75) is 19.8 Å². The number of nitrogens with zero attached hydrogens (tertiary/aromatic N) is 1. The normalized spacial score (nSPS) is 10.6. The number of fused-ring (bicyclic) bond motifs is 1. The van der Waals surface area contributed by atoms with Gasteiger partial charge in [0.2, 0.25) is 5.78 Å². The lowest BCUT2D eigenvalue weighted by Crippen LogP contribution is -2.21. The molecule has 3 aromatic rings. The number of benzene rings is 1. The van der Waals surface area contributed by atoms with E-state index in [2.05, 4.69) is 0 Å². The minimum absolute atomic E-state index is 0.0928. The van der Waals surface area contributed by atoms with Gasteiger partial charge in [0.1, 0.15) is 5.75 Å². The van der Waals surface area contributed by atoms with Crippen LogP contribution in [0.15, 0.2) is 54.7 Å². The number of Topliss-reactive ketones (excluding diaryl/α,β-unsaturated/α-hetero) is 2. The fourth-order valence-corrected chi connectivity index (χ4v) is 3.10. The predicted molar refractivity (Wildman–Crippen MR) is 104 cm³/mol. The van der Waals surface area contributed by atoms with E-state index >= 15 is 0 Å². The van der Waals surface area contributed by atoms with Gasteiger partial charge in [-0.3, -0.25) is 9.59 Å². The third kappa shape index (κ3) is 4.11. The molecule has 28 heavy (non-hydrogen) atoms. The van der Waals surface area contributed by atoms with Crippen LogP contribution in [0.3, 0.4) is 0 Å². The number of methoxy groups -OCH3 is 1. The minimum atomic E-state index is -0.978. The quantitative estimate of drug-likeness (QED) is 0.260. The fraction of sp³-hybridized carbons (Fsp3) is 0.227. The van der Waals surface area contributed by atoms with E-state index in [1.165, 1.54) is 0 Å². The molecular weight excluding hydrogens is 358 g/mol. The Kier molecular flexibility index (Phi) is 5.89. The van der Waals surface area contributed by atoms with Crippen LogP contribution in [-0.2, 0) is 20.7 Å². The molecule has 0 saturated heterocycles. The van der Waals surface area contributed by atoms with E-state index in [0.29, 0.717) is 12.1 Å². The lowest BCUT2D eigenvalue weighted by molar-refractivity contribution is -0.153. The number of ether oxygens (including phenoxy) is 2. The van der Waals surface area contributed by atoms with Crippen molar-refractivity contribution < 1.29 is 23.9 Å². The zero-order valence-corrected chi connectivity index (χ0v) is 15.8. The number of ketones is 2. The summed E-state index contributed by atoms with van der Waals surface area (Å²) in [5, 5.41) is 0. The van der Waals surface area contributed by atoms with E-state index < -0.39 is 24.0 Å². The molecule has 0 saturated carbocycles. The Labute approximate surface area is 162 Å². The molecule has 0 amide bonds. The topological polar surface area (TPSA) is 74.1 Å². The smallest absolute Gasteiger partial charge is 0.375 e. The molecule has 0 aliphatic rings. The molecule has 0 fully saturated rings. The van der Waals surface area contributed by atoms with Crippen LogP contribution in [0, 0.1) is 0 Å². The molecular formula is C22H21NO5. The maximum Gasteiger partial charge on any atom is 0.375 e. The minimum Gasteiger partial charge on any atom is -0.497 e. The molecule has 6 nitrogen and oxygen atoms in total. The maximum atomic E-state index is 12.9.